The Hall–Kier alpha value is -1.77. The second-order valence-electron chi connectivity index (χ2n) is 11.2. The highest BCUT2D eigenvalue weighted by Crippen LogP contribution is 2.49. The van der Waals surface area contributed by atoms with Crippen molar-refractivity contribution >= 4 is 29.1 Å². The van der Waals surface area contributed by atoms with E-state index in [-0.39, 0.29) is 38.5 Å². The molecule has 4 atom stereocenters. The number of rotatable bonds is 5. The summed E-state index contributed by atoms with van der Waals surface area (Å²) in [5.74, 6) is -2.48. The maximum absolute atomic E-state index is 15.6. The Bertz CT molecular complexity index is 1120. The minimum atomic E-state index is -1.47. The molecule has 2 fully saturated rings. The summed E-state index contributed by atoms with van der Waals surface area (Å²) in [6.45, 7) is 7.75. The molecule has 0 radical (unpaired) electrons. The third-order valence-electron chi connectivity index (χ3n) is 7.30. The molecule has 0 spiro atoms. The molecule has 1 amide bonds. The van der Waals surface area contributed by atoms with E-state index in [0.29, 0.717) is 6.42 Å². The zero-order valence-corrected chi connectivity index (χ0v) is 22.3. The molecule has 5 N–H and O–H groups in total. The Kier molecular flexibility index (Phi) is 7.98. The van der Waals surface area contributed by atoms with E-state index in [9.17, 15) is 4.79 Å². The SMILES string of the molecule is CC(C)(C)CC1NC(C(=O)NC2CCNCC2)C(c2cccc(Cl)c2F)C1(N)c1ccc(Cl)cc1F. The monoisotopic (exact) mass is 538 g/mol. The summed E-state index contributed by atoms with van der Waals surface area (Å²) < 4.78 is 31.1. The van der Waals surface area contributed by atoms with Crippen molar-refractivity contribution in [3.63, 3.8) is 0 Å². The second kappa shape index (κ2) is 10.5. The predicted octanol–water partition coefficient (Wildman–Crippen LogP) is 4.85. The Balaban J connectivity index is 1.87. The van der Waals surface area contributed by atoms with Gasteiger partial charge < -0.3 is 21.7 Å². The molecule has 196 valence electrons. The fraction of sp³-hybridized carbons (Fsp3) is 0.519. The number of nitrogens with two attached hydrogens (primary N) is 1. The number of benzene rings is 2. The number of hydrogen-bond acceptors (Lipinski definition) is 4. The lowest BCUT2D eigenvalue weighted by molar-refractivity contribution is -0.124. The van der Waals surface area contributed by atoms with E-state index in [2.05, 4.69) is 16.0 Å². The van der Waals surface area contributed by atoms with Crippen molar-refractivity contribution in [3.8, 4) is 0 Å². The van der Waals surface area contributed by atoms with Crippen LogP contribution in [-0.4, -0.2) is 37.1 Å². The van der Waals surface area contributed by atoms with Gasteiger partial charge in [-0.3, -0.25) is 4.79 Å². The Morgan fingerprint density at radius 1 is 1.17 bits per heavy atom. The van der Waals surface area contributed by atoms with Crippen LogP contribution in [0.1, 0.15) is 57.1 Å². The molecule has 0 aromatic heterocycles. The van der Waals surface area contributed by atoms with E-state index in [4.69, 9.17) is 28.9 Å². The Morgan fingerprint density at radius 3 is 2.50 bits per heavy atom. The minimum Gasteiger partial charge on any atom is -0.352 e. The molecular formula is C27H34Cl2F2N4O. The summed E-state index contributed by atoms with van der Waals surface area (Å²) in [6.07, 6.45) is 2.10. The van der Waals surface area contributed by atoms with Gasteiger partial charge in [-0.25, -0.2) is 8.78 Å². The Morgan fingerprint density at radius 2 is 1.86 bits per heavy atom. The molecule has 0 saturated carbocycles. The van der Waals surface area contributed by atoms with Gasteiger partial charge in [-0.1, -0.05) is 62.2 Å². The standard InChI is InChI=1S/C27H34Cl2F2N4O/c1-26(2,3)14-21-27(32,18-8-7-15(28)13-20(18)30)22(17-5-4-6-19(29)23(17)31)24(35-21)25(36)34-16-9-11-33-12-10-16/h4-8,13,16,21-22,24,33,35H,9-12,14,32H2,1-3H3,(H,34,36). The molecular weight excluding hydrogens is 505 g/mol. The molecule has 0 bridgehead atoms. The third kappa shape index (κ3) is 5.41. The van der Waals surface area contributed by atoms with Crippen LogP contribution in [0.4, 0.5) is 8.78 Å². The van der Waals surface area contributed by atoms with Crippen LogP contribution in [0.25, 0.3) is 0 Å². The first-order valence-corrected chi connectivity index (χ1v) is 13.1. The first-order valence-electron chi connectivity index (χ1n) is 12.4. The zero-order valence-electron chi connectivity index (χ0n) is 20.8. The van der Waals surface area contributed by atoms with E-state index in [1.54, 1.807) is 18.2 Å². The molecule has 2 aliphatic rings. The van der Waals surface area contributed by atoms with Gasteiger partial charge in [0, 0.05) is 28.6 Å². The van der Waals surface area contributed by atoms with E-state index in [0.717, 1.165) is 25.9 Å². The molecule has 4 rings (SSSR count). The smallest absolute Gasteiger partial charge is 0.238 e. The minimum absolute atomic E-state index is 0.00785. The third-order valence-corrected chi connectivity index (χ3v) is 7.83. The summed E-state index contributed by atoms with van der Waals surface area (Å²) in [4.78, 5) is 13.7. The van der Waals surface area contributed by atoms with Crippen LogP contribution in [0.2, 0.25) is 10.0 Å². The van der Waals surface area contributed by atoms with Crippen molar-refractivity contribution in [3.05, 3.63) is 69.2 Å². The lowest BCUT2D eigenvalue weighted by Gasteiger charge is -2.40. The normalized spacial score (nSPS) is 27.3. The summed E-state index contributed by atoms with van der Waals surface area (Å²) in [6, 6.07) is 7.50. The van der Waals surface area contributed by atoms with E-state index < -0.39 is 35.2 Å². The van der Waals surface area contributed by atoms with Gasteiger partial charge in [0.1, 0.15) is 11.6 Å². The fourth-order valence-corrected chi connectivity index (χ4v) is 6.00. The lowest BCUT2D eigenvalue weighted by Crippen LogP contribution is -2.52. The number of hydrogen-bond donors (Lipinski definition) is 4. The molecule has 4 unspecified atom stereocenters. The summed E-state index contributed by atoms with van der Waals surface area (Å²) in [5.41, 5.74) is 5.86. The number of carbonyl (C=O) groups is 1. The highest BCUT2D eigenvalue weighted by Gasteiger charge is 2.58. The van der Waals surface area contributed by atoms with Gasteiger partial charge in [0.2, 0.25) is 5.91 Å². The van der Waals surface area contributed by atoms with E-state index in [1.165, 1.54) is 18.2 Å². The number of amides is 1. The van der Waals surface area contributed by atoms with Crippen molar-refractivity contribution in [2.75, 3.05) is 13.1 Å². The van der Waals surface area contributed by atoms with Crippen LogP contribution < -0.4 is 21.7 Å². The fourth-order valence-electron chi connectivity index (χ4n) is 5.66. The van der Waals surface area contributed by atoms with Crippen LogP contribution >= 0.6 is 23.2 Å². The topological polar surface area (TPSA) is 79.2 Å². The van der Waals surface area contributed by atoms with Gasteiger partial charge in [-0.15, -0.1) is 0 Å². The summed E-state index contributed by atoms with van der Waals surface area (Å²) >= 11 is 12.2. The first-order chi connectivity index (χ1) is 16.9. The average Bonchev–Trinajstić information content (AvgIpc) is 3.07. The van der Waals surface area contributed by atoms with Gasteiger partial charge in [-0.05, 0) is 61.5 Å². The van der Waals surface area contributed by atoms with E-state index in [1.807, 2.05) is 20.8 Å². The Labute approximate surface area is 221 Å². The predicted molar refractivity (Wildman–Crippen MR) is 140 cm³/mol. The van der Waals surface area contributed by atoms with Crippen molar-refractivity contribution < 1.29 is 13.6 Å². The lowest BCUT2D eigenvalue weighted by atomic mass is 9.68. The first kappa shape index (κ1) is 27.3. The molecule has 0 aliphatic carbocycles. The number of piperidine rings is 1. The van der Waals surface area contributed by atoms with Crippen molar-refractivity contribution in [2.45, 2.75) is 69.6 Å². The molecule has 36 heavy (non-hydrogen) atoms. The van der Waals surface area contributed by atoms with Crippen LogP contribution in [0.15, 0.2) is 36.4 Å². The summed E-state index contributed by atoms with van der Waals surface area (Å²) in [7, 11) is 0. The van der Waals surface area contributed by atoms with Gasteiger partial charge in [-0.2, -0.15) is 0 Å². The number of nitrogens with one attached hydrogen (secondary N) is 3. The number of carbonyl (C=O) groups excluding carboxylic acids is 1. The second-order valence-corrected chi connectivity index (χ2v) is 12.0. The van der Waals surface area contributed by atoms with Crippen LogP contribution in [0.3, 0.4) is 0 Å². The van der Waals surface area contributed by atoms with E-state index >= 15 is 8.78 Å². The molecule has 5 nitrogen and oxygen atoms in total. The quantitative estimate of drug-likeness (QED) is 0.438. The molecule has 2 aromatic rings. The molecule has 2 aromatic carbocycles. The largest absolute Gasteiger partial charge is 0.352 e. The van der Waals surface area contributed by atoms with Gasteiger partial charge >= 0.3 is 0 Å². The highest BCUT2D eigenvalue weighted by atomic mass is 35.5. The van der Waals surface area contributed by atoms with Gasteiger partial charge in [0.25, 0.3) is 0 Å². The van der Waals surface area contributed by atoms with Crippen molar-refractivity contribution in [2.24, 2.45) is 11.1 Å². The number of halogens is 4. The van der Waals surface area contributed by atoms with Crippen molar-refractivity contribution in [1.82, 2.24) is 16.0 Å². The average molecular weight is 539 g/mol. The van der Waals surface area contributed by atoms with Gasteiger partial charge in [0.05, 0.1) is 16.6 Å². The van der Waals surface area contributed by atoms with Gasteiger partial charge in [0.15, 0.2) is 0 Å². The zero-order chi connectivity index (χ0) is 26.3. The van der Waals surface area contributed by atoms with Crippen LogP contribution in [0, 0.1) is 17.0 Å². The molecule has 2 aliphatic heterocycles. The van der Waals surface area contributed by atoms with Crippen molar-refractivity contribution in [1.29, 1.82) is 0 Å². The molecule has 2 saturated heterocycles. The van der Waals surface area contributed by atoms with Crippen LogP contribution in [0.5, 0.6) is 0 Å². The molecule has 9 heteroatoms. The maximum atomic E-state index is 15.6. The summed E-state index contributed by atoms with van der Waals surface area (Å²) in [5, 5.41) is 9.95. The molecule has 2 heterocycles. The van der Waals surface area contributed by atoms with Crippen LogP contribution in [-0.2, 0) is 10.3 Å². The maximum Gasteiger partial charge on any atom is 0.238 e. The highest BCUT2D eigenvalue weighted by molar-refractivity contribution is 6.31.